The molecular formula is C18H18ClF3N2O4S. The second-order valence-electron chi connectivity index (χ2n) is 5.89. The van der Waals surface area contributed by atoms with Crippen molar-refractivity contribution >= 4 is 33.2 Å². The smallest absolute Gasteiger partial charge is 0.418 e. The number of anilines is 1. The van der Waals surface area contributed by atoms with Gasteiger partial charge in [0.1, 0.15) is 5.75 Å². The molecule has 0 spiro atoms. The molecule has 2 aromatic rings. The Morgan fingerprint density at radius 2 is 1.79 bits per heavy atom. The van der Waals surface area contributed by atoms with E-state index in [1.165, 1.54) is 30.3 Å². The van der Waals surface area contributed by atoms with Crippen LogP contribution in [0, 0.1) is 0 Å². The highest BCUT2D eigenvalue weighted by Gasteiger charge is 2.34. The van der Waals surface area contributed by atoms with Gasteiger partial charge in [-0.05, 0) is 48.9 Å². The second-order valence-corrected chi connectivity index (χ2v) is 8.10. The van der Waals surface area contributed by atoms with Crippen molar-refractivity contribution in [3.05, 3.63) is 53.1 Å². The first kappa shape index (κ1) is 23.0. The number of hydrogen-bond donors (Lipinski definition) is 2. The van der Waals surface area contributed by atoms with Gasteiger partial charge in [-0.15, -0.1) is 0 Å². The molecule has 0 heterocycles. The molecule has 1 amide bonds. The highest BCUT2D eigenvalue weighted by atomic mass is 35.5. The molecule has 0 saturated heterocycles. The Morgan fingerprint density at radius 1 is 1.14 bits per heavy atom. The predicted octanol–water partition coefficient (Wildman–Crippen LogP) is 4.06. The van der Waals surface area contributed by atoms with Crippen LogP contribution in [0.2, 0.25) is 5.02 Å². The maximum absolute atomic E-state index is 13.0. The van der Waals surface area contributed by atoms with Crippen molar-refractivity contribution in [3.8, 4) is 5.75 Å². The number of nitrogens with one attached hydrogen (secondary N) is 2. The summed E-state index contributed by atoms with van der Waals surface area (Å²) in [5, 5.41) is 2.01. The minimum Gasteiger partial charge on any atom is -0.484 e. The molecule has 0 fully saturated rings. The number of benzene rings is 2. The predicted molar refractivity (Wildman–Crippen MR) is 103 cm³/mol. The standard InChI is InChI=1S/C18H18ClF3N2O4S/c1-2-9-23-29(26,27)14-6-4-13(5-7-14)28-11-17(25)24-16-8-3-12(19)10-15(16)18(20,21)22/h3-8,10,23H,2,9,11H2,1H3,(H,24,25). The van der Waals surface area contributed by atoms with E-state index in [4.69, 9.17) is 16.3 Å². The van der Waals surface area contributed by atoms with Gasteiger partial charge in [0, 0.05) is 11.6 Å². The van der Waals surface area contributed by atoms with E-state index in [0.717, 1.165) is 6.07 Å². The quantitative estimate of drug-likeness (QED) is 0.635. The molecule has 2 rings (SSSR count). The Kier molecular flexibility index (Phi) is 7.50. The number of amides is 1. The summed E-state index contributed by atoms with van der Waals surface area (Å²) in [4.78, 5) is 12.0. The van der Waals surface area contributed by atoms with Gasteiger partial charge in [0.15, 0.2) is 6.61 Å². The van der Waals surface area contributed by atoms with Gasteiger partial charge in [0.2, 0.25) is 10.0 Å². The van der Waals surface area contributed by atoms with Crippen LogP contribution in [0.1, 0.15) is 18.9 Å². The van der Waals surface area contributed by atoms with E-state index < -0.39 is 40.0 Å². The van der Waals surface area contributed by atoms with Gasteiger partial charge in [0.25, 0.3) is 5.91 Å². The fourth-order valence-corrected chi connectivity index (χ4v) is 3.54. The van der Waals surface area contributed by atoms with E-state index in [2.05, 4.69) is 10.0 Å². The highest BCUT2D eigenvalue weighted by molar-refractivity contribution is 7.89. The summed E-state index contributed by atoms with van der Waals surface area (Å²) < 4.78 is 70.7. The number of hydrogen-bond acceptors (Lipinski definition) is 4. The van der Waals surface area contributed by atoms with E-state index in [1.54, 1.807) is 0 Å². The van der Waals surface area contributed by atoms with Crippen LogP contribution in [-0.4, -0.2) is 27.5 Å². The summed E-state index contributed by atoms with van der Waals surface area (Å²) in [6.45, 7) is 1.55. The van der Waals surface area contributed by atoms with Crippen LogP contribution in [-0.2, 0) is 21.0 Å². The normalized spacial score (nSPS) is 11.9. The SMILES string of the molecule is CCCNS(=O)(=O)c1ccc(OCC(=O)Nc2ccc(Cl)cc2C(F)(F)F)cc1. The zero-order valence-corrected chi connectivity index (χ0v) is 16.8. The lowest BCUT2D eigenvalue weighted by Crippen LogP contribution is -2.24. The van der Waals surface area contributed by atoms with E-state index in [9.17, 15) is 26.4 Å². The van der Waals surface area contributed by atoms with Crippen LogP contribution in [0.15, 0.2) is 47.4 Å². The lowest BCUT2D eigenvalue weighted by atomic mass is 10.1. The largest absolute Gasteiger partial charge is 0.484 e. The summed E-state index contributed by atoms with van der Waals surface area (Å²) in [7, 11) is -3.64. The third-order valence-corrected chi connectivity index (χ3v) is 5.32. The fourth-order valence-electron chi connectivity index (χ4n) is 2.23. The maximum Gasteiger partial charge on any atom is 0.418 e. The Morgan fingerprint density at radius 3 is 2.38 bits per heavy atom. The van der Waals surface area contributed by atoms with E-state index in [0.29, 0.717) is 19.0 Å². The van der Waals surface area contributed by atoms with Gasteiger partial charge in [-0.1, -0.05) is 18.5 Å². The Bertz CT molecular complexity index is 964. The van der Waals surface area contributed by atoms with Gasteiger partial charge in [-0.3, -0.25) is 4.79 Å². The van der Waals surface area contributed by atoms with Crippen molar-refractivity contribution < 1.29 is 31.1 Å². The molecule has 0 aliphatic heterocycles. The van der Waals surface area contributed by atoms with Crippen molar-refractivity contribution in [1.29, 1.82) is 0 Å². The molecule has 0 unspecified atom stereocenters. The van der Waals surface area contributed by atoms with Crippen LogP contribution >= 0.6 is 11.6 Å². The number of halogens is 4. The lowest BCUT2D eigenvalue weighted by Gasteiger charge is -2.14. The Labute approximate surface area is 171 Å². The van der Waals surface area contributed by atoms with Crippen molar-refractivity contribution in [2.75, 3.05) is 18.5 Å². The van der Waals surface area contributed by atoms with Crippen LogP contribution in [0.3, 0.4) is 0 Å². The molecule has 0 atom stereocenters. The molecule has 0 aliphatic rings. The summed E-state index contributed by atoms with van der Waals surface area (Å²) in [5.41, 5.74) is -1.52. The number of rotatable bonds is 8. The summed E-state index contributed by atoms with van der Waals surface area (Å²) in [6.07, 6.45) is -4.05. The van der Waals surface area contributed by atoms with Crippen molar-refractivity contribution in [3.63, 3.8) is 0 Å². The van der Waals surface area contributed by atoms with Crippen LogP contribution < -0.4 is 14.8 Å². The molecule has 0 bridgehead atoms. The first-order chi connectivity index (χ1) is 13.5. The third-order valence-electron chi connectivity index (χ3n) is 3.61. The first-order valence-electron chi connectivity index (χ1n) is 8.42. The van der Waals surface area contributed by atoms with Gasteiger partial charge >= 0.3 is 6.18 Å². The lowest BCUT2D eigenvalue weighted by molar-refractivity contribution is -0.137. The number of carbonyl (C=O) groups is 1. The average Bonchev–Trinajstić information content (AvgIpc) is 2.66. The molecule has 2 aromatic carbocycles. The number of sulfonamides is 1. The van der Waals surface area contributed by atoms with E-state index in [1.807, 2.05) is 6.92 Å². The molecular weight excluding hydrogens is 433 g/mol. The minimum absolute atomic E-state index is 0.0266. The van der Waals surface area contributed by atoms with Crippen molar-refractivity contribution in [2.45, 2.75) is 24.4 Å². The number of alkyl halides is 3. The van der Waals surface area contributed by atoms with Gasteiger partial charge < -0.3 is 10.1 Å². The molecule has 0 aliphatic carbocycles. The third kappa shape index (κ3) is 6.62. The molecule has 11 heteroatoms. The number of ether oxygens (including phenoxy) is 1. The maximum atomic E-state index is 13.0. The monoisotopic (exact) mass is 450 g/mol. The summed E-state index contributed by atoms with van der Waals surface area (Å²) in [5.74, 6) is -0.638. The average molecular weight is 451 g/mol. The van der Waals surface area contributed by atoms with Crippen molar-refractivity contribution in [1.82, 2.24) is 4.72 Å². The fraction of sp³-hybridized carbons (Fsp3) is 0.278. The molecule has 6 nitrogen and oxygen atoms in total. The van der Waals surface area contributed by atoms with Crippen LogP contribution in [0.25, 0.3) is 0 Å². The summed E-state index contributed by atoms with van der Waals surface area (Å²) >= 11 is 5.59. The van der Waals surface area contributed by atoms with Crippen molar-refractivity contribution in [2.24, 2.45) is 0 Å². The molecule has 29 heavy (non-hydrogen) atoms. The molecule has 158 valence electrons. The Balaban J connectivity index is 2.00. The van der Waals surface area contributed by atoms with E-state index >= 15 is 0 Å². The van der Waals surface area contributed by atoms with Gasteiger partial charge in [0.05, 0.1) is 16.1 Å². The molecule has 0 radical (unpaired) electrons. The zero-order chi connectivity index (χ0) is 21.7. The van der Waals surface area contributed by atoms with Gasteiger partial charge in [-0.25, -0.2) is 13.1 Å². The van der Waals surface area contributed by atoms with Gasteiger partial charge in [-0.2, -0.15) is 13.2 Å². The highest BCUT2D eigenvalue weighted by Crippen LogP contribution is 2.36. The molecule has 0 saturated carbocycles. The molecule has 2 N–H and O–H groups in total. The van der Waals surface area contributed by atoms with Crippen LogP contribution in [0.5, 0.6) is 5.75 Å². The Hall–Kier alpha value is -2.30. The minimum atomic E-state index is -4.69. The van der Waals surface area contributed by atoms with E-state index in [-0.39, 0.29) is 15.7 Å². The second kappa shape index (κ2) is 9.47. The first-order valence-corrected chi connectivity index (χ1v) is 10.3. The van der Waals surface area contributed by atoms with Crippen LogP contribution in [0.4, 0.5) is 18.9 Å². The summed E-state index contributed by atoms with van der Waals surface area (Å²) in [6, 6.07) is 8.27. The zero-order valence-electron chi connectivity index (χ0n) is 15.2. The number of carbonyl (C=O) groups excluding carboxylic acids is 1. The molecule has 0 aromatic heterocycles. The topological polar surface area (TPSA) is 84.5 Å².